The maximum Gasteiger partial charge on any atom is 0.306 e. The number of hydrogen-bond donors (Lipinski definition) is 1. The standard InChI is InChI=1S/C39H76O5/c1-3-5-7-9-11-13-15-17-19-21-23-25-27-29-31-33-39(42)44-38(35-41)36-43-37(34-40)32-30-28-26-24-22-20-18-16-14-12-10-8-6-4-2/h34,37-38,41H,3-33,35-36H2,1-2H3. The third-order valence-corrected chi connectivity index (χ3v) is 8.98. The third kappa shape index (κ3) is 32.5. The molecular formula is C39H76O5. The Kier molecular flexibility index (Phi) is 35.7. The van der Waals surface area contributed by atoms with Crippen LogP contribution in [0, 0.1) is 0 Å². The van der Waals surface area contributed by atoms with Crippen molar-refractivity contribution >= 4 is 12.3 Å². The molecule has 44 heavy (non-hydrogen) atoms. The second-order valence-corrected chi connectivity index (χ2v) is 13.4. The number of aliphatic hydroxyl groups excluding tert-OH is 1. The minimum absolute atomic E-state index is 0.0725. The molecule has 2 atom stereocenters. The lowest BCUT2D eigenvalue weighted by atomic mass is 10.0. The third-order valence-electron chi connectivity index (χ3n) is 8.98. The van der Waals surface area contributed by atoms with Crippen LogP contribution in [0.2, 0.25) is 0 Å². The first kappa shape index (κ1) is 43.1. The van der Waals surface area contributed by atoms with Crippen molar-refractivity contribution in [1.29, 1.82) is 0 Å². The van der Waals surface area contributed by atoms with Crippen LogP contribution in [-0.4, -0.2) is 42.8 Å². The van der Waals surface area contributed by atoms with E-state index in [1.807, 2.05) is 0 Å². The molecule has 0 aliphatic rings. The number of esters is 1. The lowest BCUT2D eigenvalue weighted by Crippen LogP contribution is -2.30. The normalized spacial score (nSPS) is 12.8. The van der Waals surface area contributed by atoms with Gasteiger partial charge in [-0.05, 0) is 12.8 Å². The lowest BCUT2D eigenvalue weighted by molar-refractivity contribution is -0.156. The summed E-state index contributed by atoms with van der Waals surface area (Å²) in [6.45, 7) is 4.33. The van der Waals surface area contributed by atoms with E-state index in [0.29, 0.717) is 12.8 Å². The molecule has 0 bridgehead atoms. The molecule has 0 fully saturated rings. The quantitative estimate of drug-likeness (QED) is 0.0423. The van der Waals surface area contributed by atoms with Gasteiger partial charge < -0.3 is 19.4 Å². The summed E-state index contributed by atoms with van der Waals surface area (Å²) in [5, 5.41) is 9.63. The van der Waals surface area contributed by atoms with Gasteiger partial charge in [0.1, 0.15) is 18.5 Å². The van der Waals surface area contributed by atoms with E-state index in [9.17, 15) is 14.7 Å². The summed E-state index contributed by atoms with van der Waals surface area (Å²) in [6.07, 6.45) is 38.4. The molecule has 0 aromatic carbocycles. The average Bonchev–Trinajstić information content (AvgIpc) is 3.03. The first-order valence-electron chi connectivity index (χ1n) is 19.5. The summed E-state index contributed by atoms with van der Waals surface area (Å²) in [6, 6.07) is 0. The van der Waals surface area contributed by atoms with E-state index in [-0.39, 0.29) is 19.2 Å². The fraction of sp³-hybridized carbons (Fsp3) is 0.949. The average molecular weight is 625 g/mol. The minimum Gasteiger partial charge on any atom is -0.457 e. The fourth-order valence-electron chi connectivity index (χ4n) is 5.97. The first-order chi connectivity index (χ1) is 21.7. The van der Waals surface area contributed by atoms with Crippen molar-refractivity contribution in [1.82, 2.24) is 0 Å². The maximum atomic E-state index is 12.2. The minimum atomic E-state index is -0.697. The van der Waals surface area contributed by atoms with Gasteiger partial charge in [-0.3, -0.25) is 4.79 Å². The van der Waals surface area contributed by atoms with Crippen LogP contribution in [-0.2, 0) is 19.1 Å². The zero-order valence-corrected chi connectivity index (χ0v) is 29.6. The van der Waals surface area contributed by atoms with Gasteiger partial charge in [0.25, 0.3) is 0 Å². The fourth-order valence-corrected chi connectivity index (χ4v) is 5.97. The molecule has 0 aromatic heterocycles. The van der Waals surface area contributed by atoms with Gasteiger partial charge in [0.05, 0.1) is 13.2 Å². The van der Waals surface area contributed by atoms with E-state index < -0.39 is 12.2 Å². The Bertz CT molecular complexity index is 581. The first-order valence-corrected chi connectivity index (χ1v) is 19.5. The van der Waals surface area contributed by atoms with Gasteiger partial charge in [0.15, 0.2) is 0 Å². The second-order valence-electron chi connectivity index (χ2n) is 13.4. The van der Waals surface area contributed by atoms with E-state index in [1.165, 1.54) is 154 Å². The summed E-state index contributed by atoms with van der Waals surface area (Å²) in [5.74, 6) is -0.281. The Balaban J connectivity index is 3.61. The molecule has 0 heterocycles. The smallest absolute Gasteiger partial charge is 0.306 e. The predicted octanol–water partition coefficient (Wildman–Crippen LogP) is 11.6. The Morgan fingerprint density at radius 3 is 1.23 bits per heavy atom. The van der Waals surface area contributed by atoms with Crippen molar-refractivity contribution < 1.29 is 24.2 Å². The number of ether oxygens (including phenoxy) is 2. The highest BCUT2D eigenvalue weighted by Crippen LogP contribution is 2.16. The number of carbonyl (C=O) groups is 2. The van der Waals surface area contributed by atoms with Gasteiger partial charge in [0.2, 0.25) is 0 Å². The second kappa shape index (κ2) is 36.5. The van der Waals surface area contributed by atoms with Crippen LogP contribution in [0.15, 0.2) is 0 Å². The zero-order valence-electron chi connectivity index (χ0n) is 29.6. The number of aldehydes is 1. The predicted molar refractivity (Wildman–Crippen MR) is 187 cm³/mol. The summed E-state index contributed by atoms with van der Waals surface area (Å²) >= 11 is 0. The molecule has 0 aromatic rings. The van der Waals surface area contributed by atoms with E-state index >= 15 is 0 Å². The van der Waals surface area contributed by atoms with Gasteiger partial charge in [-0.25, -0.2) is 0 Å². The summed E-state index contributed by atoms with van der Waals surface area (Å²) < 4.78 is 11.1. The molecule has 0 aliphatic heterocycles. The van der Waals surface area contributed by atoms with Crippen molar-refractivity contribution in [3.8, 4) is 0 Å². The molecule has 0 aliphatic carbocycles. The molecule has 0 amide bonds. The summed E-state index contributed by atoms with van der Waals surface area (Å²) in [4.78, 5) is 23.7. The Morgan fingerprint density at radius 1 is 0.545 bits per heavy atom. The van der Waals surface area contributed by atoms with Crippen LogP contribution in [0.5, 0.6) is 0 Å². The molecule has 0 saturated heterocycles. The molecule has 2 unspecified atom stereocenters. The van der Waals surface area contributed by atoms with Crippen molar-refractivity contribution in [3.05, 3.63) is 0 Å². The highest BCUT2D eigenvalue weighted by Gasteiger charge is 2.17. The zero-order chi connectivity index (χ0) is 32.2. The molecule has 0 spiro atoms. The maximum absolute atomic E-state index is 12.2. The van der Waals surface area contributed by atoms with Gasteiger partial charge in [-0.2, -0.15) is 0 Å². The SMILES string of the molecule is CCCCCCCCCCCCCCCCCC(=O)OC(CO)COC(C=O)CCCCCCCCCCCCCCCC. The molecule has 1 N–H and O–H groups in total. The molecule has 5 nitrogen and oxygen atoms in total. The van der Waals surface area contributed by atoms with Gasteiger partial charge in [-0.15, -0.1) is 0 Å². The highest BCUT2D eigenvalue weighted by atomic mass is 16.6. The van der Waals surface area contributed by atoms with E-state index in [1.54, 1.807) is 0 Å². The summed E-state index contributed by atoms with van der Waals surface area (Å²) in [7, 11) is 0. The van der Waals surface area contributed by atoms with Crippen molar-refractivity contribution in [2.45, 2.75) is 225 Å². The Labute approximate surface area is 274 Å². The number of aliphatic hydroxyl groups is 1. The number of carbonyl (C=O) groups excluding carboxylic acids is 2. The summed E-state index contributed by atoms with van der Waals surface area (Å²) in [5.41, 5.74) is 0. The van der Waals surface area contributed by atoms with Crippen molar-refractivity contribution in [2.24, 2.45) is 0 Å². The van der Waals surface area contributed by atoms with E-state index in [4.69, 9.17) is 9.47 Å². The Hall–Kier alpha value is -0.940. The van der Waals surface area contributed by atoms with Crippen molar-refractivity contribution in [3.63, 3.8) is 0 Å². The van der Waals surface area contributed by atoms with Crippen LogP contribution in [0.25, 0.3) is 0 Å². The largest absolute Gasteiger partial charge is 0.457 e. The van der Waals surface area contributed by atoms with Crippen LogP contribution >= 0.6 is 0 Å². The van der Waals surface area contributed by atoms with Crippen LogP contribution in [0.1, 0.15) is 213 Å². The molecule has 262 valence electrons. The molecule has 0 rings (SSSR count). The topological polar surface area (TPSA) is 72.8 Å². The number of rotatable bonds is 37. The highest BCUT2D eigenvalue weighted by molar-refractivity contribution is 5.69. The monoisotopic (exact) mass is 625 g/mol. The molecule has 0 radical (unpaired) electrons. The van der Waals surface area contributed by atoms with Crippen molar-refractivity contribution in [2.75, 3.05) is 13.2 Å². The molecule has 0 saturated carbocycles. The van der Waals surface area contributed by atoms with Crippen LogP contribution in [0.3, 0.4) is 0 Å². The van der Waals surface area contributed by atoms with Gasteiger partial charge >= 0.3 is 5.97 Å². The number of unbranched alkanes of at least 4 members (excludes halogenated alkanes) is 27. The van der Waals surface area contributed by atoms with Gasteiger partial charge in [-0.1, -0.05) is 194 Å². The lowest BCUT2D eigenvalue weighted by Gasteiger charge is -2.18. The van der Waals surface area contributed by atoms with Crippen LogP contribution in [0.4, 0.5) is 0 Å². The van der Waals surface area contributed by atoms with Crippen LogP contribution < -0.4 is 0 Å². The molecule has 5 heteroatoms. The Morgan fingerprint density at radius 2 is 0.886 bits per heavy atom. The number of hydrogen-bond acceptors (Lipinski definition) is 5. The molecular weight excluding hydrogens is 548 g/mol. The van der Waals surface area contributed by atoms with E-state index in [2.05, 4.69) is 13.8 Å². The van der Waals surface area contributed by atoms with Gasteiger partial charge in [0, 0.05) is 6.42 Å². The van der Waals surface area contributed by atoms with E-state index in [0.717, 1.165) is 38.4 Å².